The molecule has 104 valence electrons. The number of rotatable bonds is 4. The molecule has 0 bridgehead atoms. The monoisotopic (exact) mass is 277 g/mol. The number of anilines is 1. The van der Waals surface area contributed by atoms with E-state index in [9.17, 15) is 4.79 Å². The number of amides is 1. The fourth-order valence-electron chi connectivity index (χ4n) is 2.10. The highest BCUT2D eigenvalue weighted by atomic mass is 16.1. The average molecular weight is 277 g/mol. The summed E-state index contributed by atoms with van der Waals surface area (Å²) in [7, 11) is 0. The summed E-state index contributed by atoms with van der Waals surface area (Å²) in [5.74, 6) is -0.0203. The van der Waals surface area contributed by atoms with Gasteiger partial charge in [-0.2, -0.15) is 5.10 Å². The summed E-state index contributed by atoms with van der Waals surface area (Å²) in [4.78, 5) is 12.0. The van der Waals surface area contributed by atoms with E-state index in [1.54, 1.807) is 10.9 Å². The Hall–Kier alpha value is -2.88. The first-order chi connectivity index (χ1) is 10.3. The van der Waals surface area contributed by atoms with Crippen LogP contribution in [-0.2, 0) is 11.2 Å². The quantitative estimate of drug-likeness (QED) is 0.796. The van der Waals surface area contributed by atoms with Crippen molar-refractivity contribution in [3.05, 3.63) is 78.6 Å². The Morgan fingerprint density at radius 1 is 1.00 bits per heavy atom. The van der Waals surface area contributed by atoms with E-state index in [1.165, 1.54) is 0 Å². The lowest BCUT2D eigenvalue weighted by Crippen LogP contribution is -2.14. The molecular formula is C17H15N3O. The summed E-state index contributed by atoms with van der Waals surface area (Å²) in [6, 6.07) is 19.1. The van der Waals surface area contributed by atoms with Gasteiger partial charge in [-0.15, -0.1) is 0 Å². The molecule has 1 aromatic heterocycles. The zero-order valence-corrected chi connectivity index (χ0v) is 11.4. The molecule has 0 saturated heterocycles. The van der Waals surface area contributed by atoms with Crippen LogP contribution in [0.3, 0.4) is 0 Å². The number of benzene rings is 2. The van der Waals surface area contributed by atoms with Gasteiger partial charge >= 0.3 is 0 Å². The normalized spacial score (nSPS) is 10.3. The number of hydrogen-bond donors (Lipinski definition) is 1. The van der Waals surface area contributed by atoms with E-state index in [1.807, 2.05) is 66.9 Å². The first kappa shape index (κ1) is 13.1. The second-order valence-corrected chi connectivity index (χ2v) is 4.71. The summed E-state index contributed by atoms with van der Waals surface area (Å²) in [5.41, 5.74) is 2.77. The van der Waals surface area contributed by atoms with Gasteiger partial charge < -0.3 is 5.32 Å². The Morgan fingerprint density at radius 3 is 2.43 bits per heavy atom. The van der Waals surface area contributed by atoms with Crippen molar-refractivity contribution >= 4 is 11.6 Å². The smallest absolute Gasteiger partial charge is 0.228 e. The highest BCUT2D eigenvalue weighted by Crippen LogP contribution is 2.11. The van der Waals surface area contributed by atoms with Crippen molar-refractivity contribution in [1.29, 1.82) is 0 Å². The van der Waals surface area contributed by atoms with Crippen LogP contribution in [0.4, 0.5) is 5.69 Å². The van der Waals surface area contributed by atoms with Gasteiger partial charge in [0.2, 0.25) is 5.91 Å². The van der Waals surface area contributed by atoms with Gasteiger partial charge in [-0.3, -0.25) is 4.79 Å². The van der Waals surface area contributed by atoms with Gasteiger partial charge in [-0.05, 0) is 35.9 Å². The van der Waals surface area contributed by atoms with Gasteiger partial charge in [0.05, 0.1) is 12.1 Å². The number of nitrogens with one attached hydrogen (secondary N) is 1. The van der Waals surface area contributed by atoms with Gasteiger partial charge in [-0.25, -0.2) is 4.68 Å². The summed E-state index contributed by atoms with van der Waals surface area (Å²) >= 11 is 0. The molecule has 1 heterocycles. The van der Waals surface area contributed by atoms with Crippen LogP contribution in [0.25, 0.3) is 5.69 Å². The maximum Gasteiger partial charge on any atom is 0.228 e. The number of hydrogen-bond acceptors (Lipinski definition) is 2. The van der Waals surface area contributed by atoms with Gasteiger partial charge in [-0.1, -0.05) is 30.3 Å². The van der Waals surface area contributed by atoms with Crippen LogP contribution < -0.4 is 5.32 Å². The molecule has 1 amide bonds. The van der Waals surface area contributed by atoms with Gasteiger partial charge in [0.1, 0.15) is 0 Å². The third kappa shape index (κ3) is 3.36. The fraction of sp³-hybridized carbons (Fsp3) is 0.0588. The van der Waals surface area contributed by atoms with Crippen molar-refractivity contribution in [3.63, 3.8) is 0 Å². The molecule has 0 atom stereocenters. The molecule has 0 fully saturated rings. The first-order valence-corrected chi connectivity index (χ1v) is 6.75. The highest BCUT2D eigenvalue weighted by Gasteiger charge is 2.04. The van der Waals surface area contributed by atoms with E-state index in [0.29, 0.717) is 6.42 Å². The SMILES string of the molecule is O=C(Cc1ccc(-n2cccn2)cc1)Nc1ccccc1. The number of carbonyl (C=O) groups is 1. The molecule has 4 heteroatoms. The Labute approximate surface area is 123 Å². The van der Waals surface area contributed by atoms with Gasteiger partial charge in [0.15, 0.2) is 0 Å². The van der Waals surface area contributed by atoms with Crippen LogP contribution in [0.15, 0.2) is 73.1 Å². The maximum absolute atomic E-state index is 12.0. The molecule has 4 nitrogen and oxygen atoms in total. The first-order valence-electron chi connectivity index (χ1n) is 6.75. The predicted octanol–water partition coefficient (Wildman–Crippen LogP) is 3.05. The minimum atomic E-state index is -0.0203. The van der Waals surface area contributed by atoms with E-state index in [0.717, 1.165) is 16.9 Å². The third-order valence-corrected chi connectivity index (χ3v) is 3.13. The van der Waals surface area contributed by atoms with E-state index >= 15 is 0 Å². The molecule has 0 aliphatic heterocycles. The Morgan fingerprint density at radius 2 is 1.76 bits per heavy atom. The van der Waals surface area contributed by atoms with Crippen LogP contribution in [0, 0.1) is 0 Å². The molecule has 0 saturated carbocycles. The van der Waals surface area contributed by atoms with Gasteiger partial charge in [0.25, 0.3) is 0 Å². The molecule has 3 rings (SSSR count). The molecule has 21 heavy (non-hydrogen) atoms. The molecule has 0 aliphatic rings. The zero-order chi connectivity index (χ0) is 14.5. The lowest BCUT2D eigenvalue weighted by molar-refractivity contribution is -0.115. The lowest BCUT2D eigenvalue weighted by atomic mass is 10.1. The second kappa shape index (κ2) is 6.05. The molecule has 0 unspecified atom stereocenters. The van der Waals surface area contributed by atoms with Crippen molar-refractivity contribution in [2.24, 2.45) is 0 Å². The molecule has 0 spiro atoms. The van der Waals surface area contributed by atoms with Crippen LogP contribution in [-0.4, -0.2) is 15.7 Å². The van der Waals surface area contributed by atoms with E-state index < -0.39 is 0 Å². The van der Waals surface area contributed by atoms with E-state index in [-0.39, 0.29) is 5.91 Å². The van der Waals surface area contributed by atoms with E-state index in [4.69, 9.17) is 0 Å². The molecular weight excluding hydrogens is 262 g/mol. The summed E-state index contributed by atoms with van der Waals surface area (Å²) < 4.78 is 1.79. The van der Waals surface area contributed by atoms with Crippen molar-refractivity contribution in [2.45, 2.75) is 6.42 Å². The average Bonchev–Trinajstić information content (AvgIpc) is 3.03. The molecule has 0 radical (unpaired) electrons. The Kier molecular flexibility index (Phi) is 3.78. The van der Waals surface area contributed by atoms with Crippen LogP contribution in [0.5, 0.6) is 0 Å². The van der Waals surface area contributed by atoms with Gasteiger partial charge in [0, 0.05) is 18.1 Å². The molecule has 0 aliphatic carbocycles. The number of para-hydroxylation sites is 1. The minimum Gasteiger partial charge on any atom is -0.326 e. The largest absolute Gasteiger partial charge is 0.326 e. The molecule has 2 aromatic carbocycles. The van der Waals surface area contributed by atoms with Crippen molar-refractivity contribution in [3.8, 4) is 5.69 Å². The van der Waals surface area contributed by atoms with Crippen molar-refractivity contribution in [2.75, 3.05) is 5.32 Å². The Bertz CT molecular complexity index is 704. The minimum absolute atomic E-state index is 0.0203. The van der Waals surface area contributed by atoms with Crippen LogP contribution in [0.2, 0.25) is 0 Å². The molecule has 1 N–H and O–H groups in total. The number of carbonyl (C=O) groups excluding carboxylic acids is 1. The predicted molar refractivity (Wildman–Crippen MR) is 82.3 cm³/mol. The van der Waals surface area contributed by atoms with Crippen molar-refractivity contribution < 1.29 is 4.79 Å². The summed E-state index contributed by atoms with van der Waals surface area (Å²) in [6.45, 7) is 0. The van der Waals surface area contributed by atoms with E-state index in [2.05, 4.69) is 10.4 Å². The lowest BCUT2D eigenvalue weighted by Gasteiger charge is -2.06. The van der Waals surface area contributed by atoms with Crippen molar-refractivity contribution in [1.82, 2.24) is 9.78 Å². The van der Waals surface area contributed by atoms with Crippen LogP contribution >= 0.6 is 0 Å². The number of nitrogens with zero attached hydrogens (tertiary/aromatic N) is 2. The highest BCUT2D eigenvalue weighted by molar-refractivity contribution is 5.92. The second-order valence-electron chi connectivity index (χ2n) is 4.71. The standard InChI is InChI=1S/C17H15N3O/c21-17(19-15-5-2-1-3-6-15)13-14-7-9-16(10-8-14)20-12-4-11-18-20/h1-12H,13H2,(H,19,21). The molecule has 3 aromatic rings. The fourth-order valence-corrected chi connectivity index (χ4v) is 2.10. The van der Waals surface area contributed by atoms with Crippen LogP contribution in [0.1, 0.15) is 5.56 Å². The zero-order valence-electron chi connectivity index (χ0n) is 11.4. The Balaban J connectivity index is 1.64. The topological polar surface area (TPSA) is 46.9 Å². The summed E-state index contributed by atoms with van der Waals surface area (Å²) in [5, 5.41) is 7.05. The third-order valence-electron chi connectivity index (χ3n) is 3.13. The maximum atomic E-state index is 12.0. The number of aromatic nitrogens is 2. The summed E-state index contributed by atoms with van der Waals surface area (Å²) in [6.07, 6.45) is 3.98.